The summed E-state index contributed by atoms with van der Waals surface area (Å²) in [5.74, 6) is 1.33. The van der Waals surface area contributed by atoms with Crippen LogP contribution in [-0.4, -0.2) is 64.7 Å². The molecular weight excluding hydrogens is 496 g/mol. The minimum Gasteiger partial charge on any atom is -0.494 e. The molecule has 0 aliphatic carbocycles. The van der Waals surface area contributed by atoms with E-state index in [1.165, 1.54) is 21.3 Å². The Morgan fingerprint density at radius 3 is 2.24 bits per heavy atom. The van der Waals surface area contributed by atoms with Gasteiger partial charge >= 0.3 is 0 Å². The van der Waals surface area contributed by atoms with E-state index in [0.29, 0.717) is 28.6 Å². The zero-order chi connectivity index (χ0) is 26.6. The van der Waals surface area contributed by atoms with E-state index in [1.807, 2.05) is 13.0 Å². The number of rotatable bonds is 10. The van der Waals surface area contributed by atoms with Crippen molar-refractivity contribution < 1.29 is 22.6 Å². The summed E-state index contributed by atoms with van der Waals surface area (Å²) >= 11 is 0. The Morgan fingerprint density at radius 2 is 1.65 bits per heavy atom. The first kappa shape index (κ1) is 26.2. The van der Waals surface area contributed by atoms with Gasteiger partial charge in [-0.3, -0.25) is 9.55 Å². The predicted octanol–water partition coefficient (Wildman–Crippen LogP) is 3.14. The van der Waals surface area contributed by atoms with Crippen molar-refractivity contribution in [3.63, 3.8) is 0 Å². The van der Waals surface area contributed by atoms with Crippen molar-refractivity contribution in [3.05, 3.63) is 72.3 Å². The van der Waals surface area contributed by atoms with E-state index in [0.717, 1.165) is 5.56 Å². The Morgan fingerprint density at radius 1 is 0.973 bits per heavy atom. The van der Waals surface area contributed by atoms with Crippen molar-refractivity contribution in [2.45, 2.75) is 31.0 Å². The van der Waals surface area contributed by atoms with Gasteiger partial charge in [-0.25, -0.2) is 18.4 Å². The molecule has 0 saturated carbocycles. The van der Waals surface area contributed by atoms with Crippen LogP contribution < -0.4 is 9.47 Å². The van der Waals surface area contributed by atoms with Crippen molar-refractivity contribution in [3.8, 4) is 28.6 Å². The van der Waals surface area contributed by atoms with Crippen LogP contribution in [0, 0.1) is 6.92 Å². The number of ether oxygens (including phenoxy) is 3. The van der Waals surface area contributed by atoms with E-state index in [-0.39, 0.29) is 11.6 Å². The molecule has 0 N–H and O–H groups in total. The summed E-state index contributed by atoms with van der Waals surface area (Å²) < 4.78 is 45.7. The SMILES string of the molecule is COc1cccc(OC)c1-n1c(CS(=O)(=O)[C@@H](C)[C@H](OC)c2ncccn2)nnc1-c1cncc(C)c1. The molecule has 12 heteroatoms. The highest BCUT2D eigenvalue weighted by Crippen LogP contribution is 2.37. The predicted molar refractivity (Wildman–Crippen MR) is 136 cm³/mol. The molecule has 0 fully saturated rings. The highest BCUT2D eigenvalue weighted by atomic mass is 32.2. The van der Waals surface area contributed by atoms with Crippen LogP contribution >= 0.6 is 0 Å². The molecular formula is C25H28N6O5S. The Kier molecular flexibility index (Phi) is 7.79. The van der Waals surface area contributed by atoms with Gasteiger partial charge in [0.2, 0.25) is 0 Å². The third kappa shape index (κ3) is 5.30. The fraction of sp³-hybridized carbons (Fsp3) is 0.320. The maximum atomic E-state index is 13.7. The van der Waals surface area contributed by atoms with Gasteiger partial charge in [0.15, 0.2) is 27.3 Å². The number of sulfone groups is 1. The molecule has 0 aliphatic rings. The molecule has 4 aromatic rings. The Labute approximate surface area is 215 Å². The summed E-state index contributed by atoms with van der Waals surface area (Å²) in [6.07, 6.45) is 5.58. The topological polar surface area (TPSA) is 131 Å². The Bertz CT molecular complexity index is 1450. The van der Waals surface area contributed by atoms with Crippen LogP contribution in [0.5, 0.6) is 11.5 Å². The standard InChI is InChI=1S/C25H28N6O5S/c1-16-12-18(14-26-13-16)25-30-29-21(31(25)22-19(34-3)8-6-9-20(22)35-4)15-37(32,33)17(2)23(36-5)24-27-10-7-11-28-24/h6-14,17,23H,15H2,1-5H3/t17-,23-/m0/s1. The van der Waals surface area contributed by atoms with Crippen LogP contribution in [0.2, 0.25) is 0 Å². The fourth-order valence-electron chi connectivity index (χ4n) is 4.03. The average Bonchev–Trinajstić information content (AvgIpc) is 3.31. The summed E-state index contributed by atoms with van der Waals surface area (Å²) in [5, 5.41) is 7.68. The second-order valence-corrected chi connectivity index (χ2v) is 10.7. The molecule has 0 saturated heterocycles. The molecule has 37 heavy (non-hydrogen) atoms. The van der Waals surface area contributed by atoms with Crippen molar-refractivity contribution in [1.82, 2.24) is 29.7 Å². The van der Waals surface area contributed by atoms with Crippen LogP contribution in [0.1, 0.15) is 30.2 Å². The third-order valence-electron chi connectivity index (χ3n) is 5.91. The summed E-state index contributed by atoms with van der Waals surface area (Å²) in [5.41, 5.74) is 2.04. The lowest BCUT2D eigenvalue weighted by Crippen LogP contribution is -2.30. The first-order chi connectivity index (χ1) is 17.8. The van der Waals surface area contributed by atoms with Crippen molar-refractivity contribution in [1.29, 1.82) is 0 Å². The van der Waals surface area contributed by atoms with E-state index >= 15 is 0 Å². The molecule has 0 amide bonds. The van der Waals surface area contributed by atoms with Gasteiger partial charge in [0, 0.05) is 37.5 Å². The summed E-state index contributed by atoms with van der Waals surface area (Å²) in [6.45, 7) is 3.47. The molecule has 0 unspecified atom stereocenters. The van der Waals surface area contributed by atoms with Crippen LogP contribution in [0.3, 0.4) is 0 Å². The number of benzene rings is 1. The van der Waals surface area contributed by atoms with Gasteiger partial charge in [0.25, 0.3) is 0 Å². The highest BCUT2D eigenvalue weighted by Gasteiger charge is 2.35. The van der Waals surface area contributed by atoms with Gasteiger partial charge in [-0.1, -0.05) is 6.07 Å². The maximum absolute atomic E-state index is 13.7. The van der Waals surface area contributed by atoms with Gasteiger partial charge in [0.05, 0.1) is 19.5 Å². The molecule has 0 radical (unpaired) electrons. The number of hydrogen-bond acceptors (Lipinski definition) is 10. The highest BCUT2D eigenvalue weighted by molar-refractivity contribution is 7.91. The lowest BCUT2D eigenvalue weighted by Gasteiger charge is -2.22. The van der Waals surface area contributed by atoms with Gasteiger partial charge in [0.1, 0.15) is 29.0 Å². The second-order valence-electron chi connectivity index (χ2n) is 8.31. The molecule has 2 atom stereocenters. The van der Waals surface area contributed by atoms with E-state index in [4.69, 9.17) is 14.2 Å². The molecule has 4 rings (SSSR count). The molecule has 3 heterocycles. The monoisotopic (exact) mass is 524 g/mol. The number of para-hydroxylation sites is 1. The molecule has 0 spiro atoms. The number of aromatic nitrogens is 6. The number of aryl methyl sites for hydroxylation is 1. The maximum Gasteiger partial charge on any atom is 0.170 e. The average molecular weight is 525 g/mol. The normalized spacial score (nSPS) is 13.2. The van der Waals surface area contributed by atoms with Gasteiger partial charge in [-0.05, 0) is 43.7 Å². The lowest BCUT2D eigenvalue weighted by molar-refractivity contribution is 0.0948. The third-order valence-corrected chi connectivity index (χ3v) is 7.95. The number of methoxy groups -OCH3 is 3. The largest absolute Gasteiger partial charge is 0.494 e. The zero-order valence-corrected chi connectivity index (χ0v) is 22.0. The molecule has 0 aliphatic heterocycles. The first-order valence-electron chi connectivity index (χ1n) is 11.4. The van der Waals surface area contributed by atoms with E-state index in [1.54, 1.807) is 60.5 Å². The number of pyridine rings is 1. The molecule has 3 aromatic heterocycles. The molecule has 194 valence electrons. The van der Waals surface area contributed by atoms with Crippen LogP contribution in [-0.2, 0) is 20.3 Å². The second kappa shape index (κ2) is 11.0. The molecule has 0 bridgehead atoms. The van der Waals surface area contributed by atoms with Gasteiger partial charge in [-0.2, -0.15) is 0 Å². The van der Waals surface area contributed by atoms with E-state index in [9.17, 15) is 8.42 Å². The summed E-state index contributed by atoms with van der Waals surface area (Å²) in [7, 11) is 0.635. The van der Waals surface area contributed by atoms with Crippen molar-refractivity contribution in [2.24, 2.45) is 0 Å². The van der Waals surface area contributed by atoms with Crippen molar-refractivity contribution in [2.75, 3.05) is 21.3 Å². The van der Waals surface area contributed by atoms with Crippen LogP contribution in [0.4, 0.5) is 0 Å². The Balaban J connectivity index is 1.86. The van der Waals surface area contributed by atoms with E-state index in [2.05, 4.69) is 25.1 Å². The Hall–Kier alpha value is -3.90. The minimum absolute atomic E-state index is 0.176. The molecule has 11 nitrogen and oxygen atoms in total. The van der Waals surface area contributed by atoms with Crippen molar-refractivity contribution >= 4 is 9.84 Å². The van der Waals surface area contributed by atoms with Crippen LogP contribution in [0.15, 0.2) is 55.1 Å². The zero-order valence-electron chi connectivity index (χ0n) is 21.2. The number of hydrogen-bond donors (Lipinski definition) is 0. The fourth-order valence-corrected chi connectivity index (χ4v) is 5.44. The number of nitrogens with zero attached hydrogens (tertiary/aromatic N) is 6. The van der Waals surface area contributed by atoms with Crippen LogP contribution in [0.25, 0.3) is 17.1 Å². The summed E-state index contributed by atoms with van der Waals surface area (Å²) in [6, 6.07) is 8.83. The first-order valence-corrected chi connectivity index (χ1v) is 13.1. The van der Waals surface area contributed by atoms with Gasteiger partial charge in [-0.15, -0.1) is 10.2 Å². The quantitative estimate of drug-likeness (QED) is 0.305. The lowest BCUT2D eigenvalue weighted by atomic mass is 10.2. The smallest absolute Gasteiger partial charge is 0.170 e. The van der Waals surface area contributed by atoms with E-state index < -0.39 is 26.9 Å². The van der Waals surface area contributed by atoms with Gasteiger partial charge < -0.3 is 14.2 Å². The summed E-state index contributed by atoms with van der Waals surface area (Å²) in [4.78, 5) is 12.6. The minimum atomic E-state index is -3.85. The molecule has 1 aromatic carbocycles.